The van der Waals surface area contributed by atoms with Crippen LogP contribution in [0.15, 0.2) is 0 Å². The lowest BCUT2D eigenvalue weighted by molar-refractivity contribution is -0.160. The van der Waals surface area contributed by atoms with Crippen LogP contribution in [0.25, 0.3) is 0 Å². The van der Waals surface area contributed by atoms with Crippen LogP contribution in [-0.2, 0) is 9.53 Å². The molecule has 1 heterocycles. The Kier molecular flexibility index (Phi) is 6.27. The van der Waals surface area contributed by atoms with Crippen LogP contribution in [0.4, 0.5) is 0 Å². The molecule has 2 unspecified atom stereocenters. The summed E-state index contributed by atoms with van der Waals surface area (Å²) >= 11 is 0. The van der Waals surface area contributed by atoms with Crippen LogP contribution < -0.4 is 0 Å². The maximum Gasteiger partial charge on any atom is 0.323 e. The molecule has 1 fully saturated rings. The van der Waals surface area contributed by atoms with E-state index in [1.54, 1.807) is 0 Å². The molecule has 0 radical (unpaired) electrons. The molecule has 1 rings (SSSR count). The van der Waals surface area contributed by atoms with E-state index >= 15 is 0 Å². The number of carbonyl (C=O) groups is 1. The Balaban J connectivity index is 2.58. The van der Waals surface area contributed by atoms with E-state index in [9.17, 15) is 9.90 Å². The highest BCUT2D eigenvalue weighted by molar-refractivity contribution is 5.76. The van der Waals surface area contributed by atoms with Crippen molar-refractivity contribution in [2.75, 3.05) is 19.7 Å². The lowest BCUT2D eigenvalue weighted by atomic mass is 10.1. The third kappa shape index (κ3) is 5.49. The van der Waals surface area contributed by atoms with Gasteiger partial charge in [0.1, 0.15) is 11.6 Å². The lowest BCUT2D eigenvalue weighted by Gasteiger charge is -2.27. The van der Waals surface area contributed by atoms with E-state index < -0.39 is 5.60 Å². The standard InChI is InChI=1S/C15H29NO3/c1-5-6-7-8-16-10-12(11-17)9-13(16)14(18)19-15(2,3)4/h12-13,17H,5-11H2,1-4H3. The van der Waals surface area contributed by atoms with Crippen molar-refractivity contribution in [2.45, 2.75) is 65.0 Å². The molecule has 19 heavy (non-hydrogen) atoms. The highest BCUT2D eigenvalue weighted by atomic mass is 16.6. The van der Waals surface area contributed by atoms with E-state index in [0.717, 1.165) is 25.9 Å². The van der Waals surface area contributed by atoms with E-state index in [1.165, 1.54) is 12.8 Å². The Bertz CT molecular complexity index is 286. The van der Waals surface area contributed by atoms with Crippen LogP contribution in [0.2, 0.25) is 0 Å². The van der Waals surface area contributed by atoms with Crippen LogP contribution in [0, 0.1) is 5.92 Å². The van der Waals surface area contributed by atoms with Crippen molar-refractivity contribution in [1.82, 2.24) is 4.90 Å². The predicted molar refractivity (Wildman–Crippen MR) is 75.9 cm³/mol. The van der Waals surface area contributed by atoms with Crippen molar-refractivity contribution in [2.24, 2.45) is 5.92 Å². The van der Waals surface area contributed by atoms with Crippen LogP contribution in [0.3, 0.4) is 0 Å². The van der Waals surface area contributed by atoms with Gasteiger partial charge in [-0.2, -0.15) is 0 Å². The second kappa shape index (κ2) is 7.25. The number of rotatable bonds is 6. The molecule has 0 aromatic rings. The van der Waals surface area contributed by atoms with Gasteiger partial charge in [0.2, 0.25) is 0 Å². The van der Waals surface area contributed by atoms with Gasteiger partial charge in [0.05, 0.1) is 0 Å². The number of likely N-dealkylation sites (tertiary alicyclic amines) is 1. The van der Waals surface area contributed by atoms with Crippen LogP contribution in [-0.4, -0.2) is 47.3 Å². The number of ether oxygens (including phenoxy) is 1. The van der Waals surface area contributed by atoms with Gasteiger partial charge in [-0.05, 0) is 46.1 Å². The van der Waals surface area contributed by atoms with E-state index in [0.29, 0.717) is 0 Å². The number of nitrogens with zero attached hydrogens (tertiary/aromatic N) is 1. The first-order valence-electron chi connectivity index (χ1n) is 7.45. The Hall–Kier alpha value is -0.610. The molecule has 0 aromatic heterocycles. The highest BCUT2D eigenvalue weighted by Crippen LogP contribution is 2.25. The Labute approximate surface area is 117 Å². The van der Waals surface area contributed by atoms with Crippen molar-refractivity contribution in [1.29, 1.82) is 0 Å². The Morgan fingerprint density at radius 2 is 2.05 bits per heavy atom. The second-order valence-electron chi connectivity index (χ2n) is 6.54. The van der Waals surface area contributed by atoms with Crippen molar-refractivity contribution in [3.8, 4) is 0 Å². The third-order valence-corrected chi connectivity index (χ3v) is 3.48. The summed E-state index contributed by atoms with van der Waals surface area (Å²) in [5, 5.41) is 9.31. The Morgan fingerprint density at radius 3 is 2.58 bits per heavy atom. The van der Waals surface area contributed by atoms with Crippen molar-refractivity contribution in [3.63, 3.8) is 0 Å². The first-order chi connectivity index (χ1) is 8.87. The SMILES string of the molecule is CCCCCN1CC(CO)CC1C(=O)OC(C)(C)C. The van der Waals surface area contributed by atoms with Gasteiger partial charge in [-0.25, -0.2) is 0 Å². The van der Waals surface area contributed by atoms with Gasteiger partial charge < -0.3 is 9.84 Å². The topological polar surface area (TPSA) is 49.8 Å². The molecule has 1 N–H and O–H groups in total. The summed E-state index contributed by atoms with van der Waals surface area (Å²) in [6.45, 7) is 9.74. The Morgan fingerprint density at radius 1 is 1.37 bits per heavy atom. The summed E-state index contributed by atoms with van der Waals surface area (Å²) in [5.41, 5.74) is -0.441. The summed E-state index contributed by atoms with van der Waals surface area (Å²) in [5.74, 6) is 0.0686. The molecule has 4 nitrogen and oxygen atoms in total. The zero-order valence-electron chi connectivity index (χ0n) is 12.8. The molecule has 0 aromatic carbocycles. The van der Waals surface area contributed by atoms with Gasteiger partial charge >= 0.3 is 5.97 Å². The van der Waals surface area contributed by atoms with Crippen molar-refractivity contribution in [3.05, 3.63) is 0 Å². The fourth-order valence-electron chi connectivity index (χ4n) is 2.56. The normalized spacial score (nSPS) is 24.7. The number of aliphatic hydroxyl groups excluding tert-OH is 1. The van der Waals surface area contributed by atoms with Crippen molar-refractivity contribution >= 4 is 5.97 Å². The molecule has 0 bridgehead atoms. The van der Waals surface area contributed by atoms with E-state index in [2.05, 4.69) is 11.8 Å². The number of aliphatic hydroxyl groups is 1. The highest BCUT2D eigenvalue weighted by Gasteiger charge is 2.38. The number of hydrogen-bond donors (Lipinski definition) is 1. The van der Waals surface area contributed by atoms with Gasteiger partial charge in [0.25, 0.3) is 0 Å². The summed E-state index contributed by atoms with van der Waals surface area (Å²) in [4.78, 5) is 14.4. The first kappa shape index (κ1) is 16.4. The van der Waals surface area contributed by atoms with E-state index in [1.807, 2.05) is 20.8 Å². The molecule has 1 aliphatic heterocycles. The minimum Gasteiger partial charge on any atom is -0.459 e. The molecule has 0 saturated carbocycles. The number of esters is 1. The zero-order valence-corrected chi connectivity index (χ0v) is 12.8. The molecule has 1 aliphatic rings. The van der Waals surface area contributed by atoms with Crippen LogP contribution >= 0.6 is 0 Å². The largest absolute Gasteiger partial charge is 0.459 e. The number of carbonyl (C=O) groups excluding carboxylic acids is 1. The summed E-state index contributed by atoms with van der Waals surface area (Å²) in [7, 11) is 0. The fourth-order valence-corrected chi connectivity index (χ4v) is 2.56. The quantitative estimate of drug-likeness (QED) is 0.594. The lowest BCUT2D eigenvalue weighted by Crippen LogP contribution is -2.40. The molecule has 1 saturated heterocycles. The fraction of sp³-hybridized carbons (Fsp3) is 0.933. The molecular weight excluding hydrogens is 242 g/mol. The van der Waals surface area contributed by atoms with Gasteiger partial charge in [0, 0.05) is 13.2 Å². The summed E-state index contributed by atoms with van der Waals surface area (Å²) in [6.07, 6.45) is 4.18. The monoisotopic (exact) mass is 271 g/mol. The van der Waals surface area contributed by atoms with Crippen LogP contribution in [0.1, 0.15) is 53.4 Å². The maximum absolute atomic E-state index is 12.2. The molecule has 0 amide bonds. The number of hydrogen-bond acceptors (Lipinski definition) is 4. The predicted octanol–water partition coefficient (Wildman–Crippen LogP) is 2.20. The molecule has 4 heteroatoms. The van der Waals surface area contributed by atoms with Crippen LogP contribution in [0.5, 0.6) is 0 Å². The van der Waals surface area contributed by atoms with Gasteiger partial charge in [-0.15, -0.1) is 0 Å². The molecule has 2 atom stereocenters. The van der Waals surface area contributed by atoms with Gasteiger partial charge in [-0.3, -0.25) is 9.69 Å². The average Bonchev–Trinajstić information content (AvgIpc) is 2.71. The second-order valence-corrected chi connectivity index (χ2v) is 6.54. The molecule has 0 aliphatic carbocycles. The molecule has 0 spiro atoms. The van der Waals surface area contributed by atoms with E-state index in [-0.39, 0.29) is 24.5 Å². The van der Waals surface area contributed by atoms with Crippen molar-refractivity contribution < 1.29 is 14.6 Å². The smallest absolute Gasteiger partial charge is 0.323 e. The minimum atomic E-state index is -0.441. The minimum absolute atomic E-state index is 0.139. The number of unbranched alkanes of at least 4 members (excludes halogenated alkanes) is 2. The van der Waals surface area contributed by atoms with Gasteiger partial charge in [-0.1, -0.05) is 19.8 Å². The first-order valence-corrected chi connectivity index (χ1v) is 7.45. The summed E-state index contributed by atoms with van der Waals surface area (Å²) < 4.78 is 5.49. The average molecular weight is 271 g/mol. The zero-order chi connectivity index (χ0) is 14.5. The summed E-state index contributed by atoms with van der Waals surface area (Å²) in [6, 6.07) is -0.173. The van der Waals surface area contributed by atoms with E-state index in [4.69, 9.17) is 4.74 Å². The maximum atomic E-state index is 12.2. The molecular formula is C15H29NO3. The molecule has 112 valence electrons. The third-order valence-electron chi connectivity index (χ3n) is 3.48. The van der Waals surface area contributed by atoms with Gasteiger partial charge in [0.15, 0.2) is 0 Å².